The molecule has 0 bridgehead atoms. The summed E-state index contributed by atoms with van der Waals surface area (Å²) in [7, 11) is 0. The molecule has 100 valence electrons. The fourth-order valence-electron chi connectivity index (χ4n) is 3.27. The highest BCUT2D eigenvalue weighted by Gasteiger charge is 2.45. The zero-order valence-electron chi connectivity index (χ0n) is 10.7. The van der Waals surface area contributed by atoms with E-state index in [0.717, 1.165) is 6.42 Å². The lowest BCUT2D eigenvalue weighted by Gasteiger charge is -2.34. The number of rotatable bonds is 1. The Hall–Kier alpha value is -1.68. The van der Waals surface area contributed by atoms with Crippen molar-refractivity contribution in [2.75, 3.05) is 6.54 Å². The predicted octanol–water partition coefficient (Wildman–Crippen LogP) is 1.45. The van der Waals surface area contributed by atoms with Crippen molar-refractivity contribution in [2.24, 2.45) is 11.8 Å². The van der Waals surface area contributed by atoms with E-state index in [0.29, 0.717) is 24.9 Å². The summed E-state index contributed by atoms with van der Waals surface area (Å²) in [6, 6.07) is 8.89. The minimum absolute atomic E-state index is 0.0484. The van der Waals surface area contributed by atoms with Gasteiger partial charge in [-0.3, -0.25) is 14.5 Å². The largest absolute Gasteiger partial charge is 0.393 e. The Morgan fingerprint density at radius 1 is 1.16 bits per heavy atom. The van der Waals surface area contributed by atoms with Crippen LogP contribution in [0.25, 0.3) is 0 Å². The van der Waals surface area contributed by atoms with Gasteiger partial charge in [0.1, 0.15) is 0 Å². The van der Waals surface area contributed by atoms with Gasteiger partial charge in [-0.2, -0.15) is 0 Å². The number of hydrogen-bond acceptors (Lipinski definition) is 3. The molecule has 1 aromatic rings. The highest BCUT2D eigenvalue weighted by molar-refractivity contribution is 6.05. The molecule has 3 rings (SSSR count). The second-order valence-corrected chi connectivity index (χ2v) is 5.36. The maximum atomic E-state index is 12.4. The maximum absolute atomic E-state index is 12.4. The van der Waals surface area contributed by atoms with Crippen LogP contribution in [0, 0.1) is 11.8 Å². The first-order valence-corrected chi connectivity index (χ1v) is 6.77. The van der Waals surface area contributed by atoms with E-state index in [1.54, 1.807) is 24.3 Å². The van der Waals surface area contributed by atoms with Gasteiger partial charge >= 0.3 is 0 Å². The fraction of sp³-hybridized carbons (Fsp3) is 0.467. The van der Waals surface area contributed by atoms with E-state index in [1.165, 1.54) is 4.90 Å². The summed E-state index contributed by atoms with van der Waals surface area (Å²) in [6.07, 6.45) is 1.72. The van der Waals surface area contributed by atoms with Crippen molar-refractivity contribution in [1.29, 1.82) is 0 Å². The first kappa shape index (κ1) is 12.4. The molecule has 19 heavy (non-hydrogen) atoms. The van der Waals surface area contributed by atoms with Crippen LogP contribution in [0.2, 0.25) is 0 Å². The number of hydrogen-bond donors (Lipinski definition) is 1. The van der Waals surface area contributed by atoms with E-state index in [9.17, 15) is 14.7 Å². The van der Waals surface area contributed by atoms with Crippen LogP contribution in [0.15, 0.2) is 30.3 Å². The van der Waals surface area contributed by atoms with Gasteiger partial charge in [-0.15, -0.1) is 0 Å². The predicted molar refractivity (Wildman–Crippen MR) is 69.3 cm³/mol. The number of carbonyl (C=O) groups is 2. The van der Waals surface area contributed by atoms with E-state index < -0.39 is 0 Å². The van der Waals surface area contributed by atoms with Crippen LogP contribution in [0.3, 0.4) is 0 Å². The number of aliphatic hydroxyl groups is 1. The smallest absolute Gasteiger partial charge is 0.260 e. The Morgan fingerprint density at radius 3 is 2.63 bits per heavy atom. The zero-order chi connectivity index (χ0) is 13.4. The summed E-state index contributed by atoms with van der Waals surface area (Å²) in [5, 5.41) is 9.83. The van der Waals surface area contributed by atoms with Gasteiger partial charge in [0.05, 0.1) is 6.10 Å². The van der Waals surface area contributed by atoms with Gasteiger partial charge < -0.3 is 5.11 Å². The number of likely N-dealkylation sites (tertiary alicyclic amines) is 1. The number of piperidine rings is 1. The van der Waals surface area contributed by atoms with Gasteiger partial charge in [0.2, 0.25) is 5.91 Å². The number of imide groups is 1. The average Bonchev–Trinajstić information content (AvgIpc) is 2.82. The highest BCUT2D eigenvalue weighted by atomic mass is 16.3. The van der Waals surface area contributed by atoms with Gasteiger partial charge in [0.25, 0.3) is 5.91 Å². The van der Waals surface area contributed by atoms with Crippen LogP contribution in [0.1, 0.15) is 29.6 Å². The normalized spacial score (nSPS) is 30.3. The second-order valence-electron chi connectivity index (χ2n) is 5.36. The fourth-order valence-corrected chi connectivity index (χ4v) is 3.27. The number of amides is 2. The molecule has 0 aromatic heterocycles. The summed E-state index contributed by atoms with van der Waals surface area (Å²) in [5.74, 6) is -0.448. The van der Waals surface area contributed by atoms with Crippen molar-refractivity contribution in [3.8, 4) is 0 Å². The molecular formula is C15H17NO3. The Balaban J connectivity index is 1.80. The monoisotopic (exact) mass is 259 g/mol. The van der Waals surface area contributed by atoms with Crippen molar-refractivity contribution in [3.05, 3.63) is 35.9 Å². The third-order valence-electron chi connectivity index (χ3n) is 4.32. The number of fused-ring (bicyclic) bond motifs is 1. The van der Waals surface area contributed by atoms with Gasteiger partial charge in [0.15, 0.2) is 0 Å². The van der Waals surface area contributed by atoms with Crippen molar-refractivity contribution < 1.29 is 14.7 Å². The van der Waals surface area contributed by atoms with Crippen LogP contribution in [0.5, 0.6) is 0 Å². The third kappa shape index (κ3) is 2.06. The summed E-state index contributed by atoms with van der Waals surface area (Å²) in [6.45, 7) is 0.421. The number of nitrogens with zero attached hydrogens (tertiary/aromatic N) is 1. The van der Waals surface area contributed by atoms with Crippen LogP contribution in [-0.2, 0) is 4.79 Å². The molecule has 4 heteroatoms. The first-order chi connectivity index (χ1) is 9.18. The molecule has 1 heterocycles. The van der Waals surface area contributed by atoms with Crippen LogP contribution < -0.4 is 0 Å². The minimum atomic E-state index is -0.372. The average molecular weight is 259 g/mol. The lowest BCUT2D eigenvalue weighted by atomic mass is 9.86. The molecular weight excluding hydrogens is 242 g/mol. The minimum Gasteiger partial charge on any atom is -0.393 e. The molecule has 1 aliphatic heterocycles. The molecule has 2 aliphatic rings. The van der Waals surface area contributed by atoms with Crippen LogP contribution >= 0.6 is 0 Å². The molecule has 1 N–H and O–H groups in total. The Kier molecular flexibility index (Phi) is 3.11. The van der Waals surface area contributed by atoms with Crippen LogP contribution in [-0.4, -0.2) is 34.5 Å². The number of aliphatic hydroxyl groups excluding tert-OH is 1. The first-order valence-electron chi connectivity index (χ1n) is 6.77. The van der Waals surface area contributed by atoms with Crippen LogP contribution in [0.4, 0.5) is 0 Å². The van der Waals surface area contributed by atoms with Gasteiger partial charge in [-0.25, -0.2) is 0 Å². The van der Waals surface area contributed by atoms with Gasteiger partial charge in [0, 0.05) is 18.0 Å². The van der Waals surface area contributed by atoms with Crippen molar-refractivity contribution in [2.45, 2.75) is 25.4 Å². The van der Waals surface area contributed by atoms with E-state index in [-0.39, 0.29) is 29.8 Å². The molecule has 2 fully saturated rings. The molecule has 0 radical (unpaired) electrons. The Morgan fingerprint density at radius 2 is 1.89 bits per heavy atom. The zero-order valence-corrected chi connectivity index (χ0v) is 10.7. The molecule has 0 spiro atoms. The quantitative estimate of drug-likeness (QED) is 0.776. The SMILES string of the molecule is O=C(c1ccccc1)N1CCC2C(O)CCC2C1=O. The molecule has 1 aliphatic carbocycles. The molecule has 1 saturated heterocycles. The molecule has 1 aromatic carbocycles. The topological polar surface area (TPSA) is 57.6 Å². The maximum Gasteiger partial charge on any atom is 0.260 e. The molecule has 4 nitrogen and oxygen atoms in total. The second kappa shape index (κ2) is 4.78. The van der Waals surface area contributed by atoms with Gasteiger partial charge in [-0.05, 0) is 37.3 Å². The van der Waals surface area contributed by atoms with Crippen molar-refractivity contribution in [3.63, 3.8) is 0 Å². The van der Waals surface area contributed by atoms with E-state index >= 15 is 0 Å². The van der Waals surface area contributed by atoms with E-state index in [2.05, 4.69) is 0 Å². The summed E-state index contributed by atoms with van der Waals surface area (Å²) < 4.78 is 0. The number of benzene rings is 1. The van der Waals surface area contributed by atoms with E-state index in [1.807, 2.05) is 6.07 Å². The highest BCUT2D eigenvalue weighted by Crippen LogP contribution is 2.39. The van der Waals surface area contributed by atoms with E-state index in [4.69, 9.17) is 0 Å². The molecule has 3 unspecified atom stereocenters. The standard InChI is InChI=1S/C15H17NO3/c17-13-7-6-12-11(13)8-9-16(15(12)19)14(18)10-4-2-1-3-5-10/h1-5,11-13,17H,6-9H2. The third-order valence-corrected chi connectivity index (χ3v) is 4.32. The Bertz CT molecular complexity index is 499. The molecule has 2 amide bonds. The summed E-state index contributed by atoms with van der Waals surface area (Å²) in [5.41, 5.74) is 0.549. The Labute approximate surface area is 112 Å². The molecule has 1 saturated carbocycles. The van der Waals surface area contributed by atoms with Crippen molar-refractivity contribution >= 4 is 11.8 Å². The summed E-state index contributed by atoms with van der Waals surface area (Å²) in [4.78, 5) is 26.0. The molecule has 3 atom stereocenters. The lowest BCUT2D eigenvalue weighted by Crippen LogP contribution is -2.48. The van der Waals surface area contributed by atoms with Crippen molar-refractivity contribution in [1.82, 2.24) is 4.90 Å². The lowest BCUT2D eigenvalue weighted by molar-refractivity contribution is -0.138. The van der Waals surface area contributed by atoms with Gasteiger partial charge in [-0.1, -0.05) is 18.2 Å². The number of carbonyl (C=O) groups excluding carboxylic acids is 2. The summed E-state index contributed by atoms with van der Waals surface area (Å²) >= 11 is 0.